The second kappa shape index (κ2) is 11.0. The van der Waals surface area contributed by atoms with Gasteiger partial charge in [-0.1, -0.05) is 72.8 Å². The van der Waals surface area contributed by atoms with Gasteiger partial charge in [0, 0.05) is 6.54 Å². The predicted octanol–water partition coefficient (Wildman–Crippen LogP) is 4.06. The van der Waals surface area contributed by atoms with Gasteiger partial charge in [0.15, 0.2) is 18.1 Å². The lowest BCUT2D eigenvalue weighted by Crippen LogP contribution is -2.36. The van der Waals surface area contributed by atoms with Gasteiger partial charge in [-0.15, -0.1) is 0 Å². The molecule has 30 heavy (non-hydrogen) atoms. The van der Waals surface area contributed by atoms with E-state index in [1.165, 1.54) is 0 Å². The smallest absolute Gasteiger partial charge is 0.258 e. The first-order chi connectivity index (χ1) is 14.6. The van der Waals surface area contributed by atoms with Crippen molar-refractivity contribution in [2.45, 2.75) is 12.6 Å². The molecule has 3 aromatic carbocycles. The minimum absolute atomic E-state index is 0.0688. The molecule has 0 aliphatic rings. The van der Waals surface area contributed by atoms with E-state index in [-0.39, 0.29) is 18.6 Å². The van der Waals surface area contributed by atoms with Gasteiger partial charge in [0.2, 0.25) is 0 Å². The van der Waals surface area contributed by atoms with Gasteiger partial charge in [0.05, 0.1) is 6.04 Å². The molecule has 0 radical (unpaired) electrons. The lowest BCUT2D eigenvalue weighted by molar-refractivity contribution is -0.123. The van der Waals surface area contributed by atoms with E-state index >= 15 is 0 Å². The van der Waals surface area contributed by atoms with Crippen molar-refractivity contribution in [3.05, 3.63) is 96.1 Å². The van der Waals surface area contributed by atoms with Crippen molar-refractivity contribution < 1.29 is 14.3 Å². The Hall–Kier alpha value is -3.31. The van der Waals surface area contributed by atoms with Crippen LogP contribution in [0.2, 0.25) is 0 Å². The summed E-state index contributed by atoms with van der Waals surface area (Å²) in [7, 11) is 4.00. The minimum Gasteiger partial charge on any atom is -0.485 e. The van der Waals surface area contributed by atoms with Gasteiger partial charge in [-0.25, -0.2) is 0 Å². The molecule has 0 heterocycles. The van der Waals surface area contributed by atoms with E-state index in [0.29, 0.717) is 24.7 Å². The SMILES string of the molecule is CN(C)C(CNC(=O)COc1ccccc1OCc1ccccc1)c1ccccc1. The summed E-state index contributed by atoms with van der Waals surface area (Å²) in [5.74, 6) is 0.996. The molecule has 1 atom stereocenters. The average molecular weight is 405 g/mol. The second-order valence-corrected chi connectivity index (χ2v) is 7.20. The molecule has 0 saturated carbocycles. The van der Waals surface area contributed by atoms with Gasteiger partial charge in [0.25, 0.3) is 5.91 Å². The average Bonchev–Trinajstić information content (AvgIpc) is 2.78. The number of rotatable bonds is 10. The zero-order valence-corrected chi connectivity index (χ0v) is 17.5. The summed E-state index contributed by atoms with van der Waals surface area (Å²) in [6.07, 6.45) is 0. The fourth-order valence-electron chi connectivity index (χ4n) is 3.10. The molecule has 1 unspecified atom stereocenters. The number of amides is 1. The van der Waals surface area contributed by atoms with Crippen LogP contribution in [0.1, 0.15) is 17.2 Å². The maximum absolute atomic E-state index is 12.4. The van der Waals surface area contributed by atoms with Crippen LogP contribution in [0.4, 0.5) is 0 Å². The molecule has 0 bridgehead atoms. The van der Waals surface area contributed by atoms with Crippen LogP contribution >= 0.6 is 0 Å². The quantitative estimate of drug-likeness (QED) is 0.554. The molecular weight excluding hydrogens is 376 g/mol. The predicted molar refractivity (Wildman–Crippen MR) is 119 cm³/mol. The van der Waals surface area contributed by atoms with Crippen LogP contribution in [0, 0.1) is 0 Å². The zero-order chi connectivity index (χ0) is 21.2. The van der Waals surface area contributed by atoms with E-state index in [0.717, 1.165) is 11.1 Å². The number of ether oxygens (including phenoxy) is 2. The Morgan fingerprint density at radius 1 is 0.833 bits per heavy atom. The lowest BCUT2D eigenvalue weighted by Gasteiger charge is -2.25. The molecule has 0 saturated heterocycles. The molecule has 5 heteroatoms. The summed E-state index contributed by atoms with van der Waals surface area (Å²) in [4.78, 5) is 14.5. The third kappa shape index (κ3) is 6.36. The number of para-hydroxylation sites is 2. The van der Waals surface area contributed by atoms with Gasteiger partial charge in [-0.05, 0) is 37.4 Å². The van der Waals surface area contributed by atoms with Crippen LogP contribution in [0.15, 0.2) is 84.9 Å². The second-order valence-electron chi connectivity index (χ2n) is 7.20. The topological polar surface area (TPSA) is 50.8 Å². The summed E-state index contributed by atoms with van der Waals surface area (Å²) in [5, 5.41) is 2.96. The third-order valence-corrected chi connectivity index (χ3v) is 4.75. The highest BCUT2D eigenvalue weighted by Crippen LogP contribution is 2.27. The van der Waals surface area contributed by atoms with Crippen LogP contribution in [-0.2, 0) is 11.4 Å². The highest BCUT2D eigenvalue weighted by atomic mass is 16.5. The van der Waals surface area contributed by atoms with E-state index in [4.69, 9.17) is 9.47 Å². The standard InChI is InChI=1S/C25H28N2O3/c1-27(2)22(21-13-7-4-8-14-21)17-26-25(28)19-30-24-16-10-9-15-23(24)29-18-20-11-5-3-6-12-20/h3-16,22H,17-19H2,1-2H3,(H,26,28). The fraction of sp³-hybridized carbons (Fsp3) is 0.240. The van der Waals surface area contributed by atoms with Gasteiger partial charge < -0.3 is 19.7 Å². The number of nitrogens with one attached hydrogen (secondary N) is 1. The number of nitrogens with zero attached hydrogens (tertiary/aromatic N) is 1. The number of likely N-dealkylation sites (N-methyl/N-ethyl adjacent to an activating group) is 1. The third-order valence-electron chi connectivity index (χ3n) is 4.75. The van der Waals surface area contributed by atoms with Crippen molar-refractivity contribution in [2.75, 3.05) is 27.2 Å². The van der Waals surface area contributed by atoms with Crippen LogP contribution in [0.3, 0.4) is 0 Å². The van der Waals surface area contributed by atoms with Gasteiger partial charge in [-0.2, -0.15) is 0 Å². The van der Waals surface area contributed by atoms with Crippen LogP contribution < -0.4 is 14.8 Å². The Kier molecular flexibility index (Phi) is 7.86. The summed E-state index contributed by atoms with van der Waals surface area (Å²) in [5.41, 5.74) is 2.23. The number of benzene rings is 3. The van der Waals surface area contributed by atoms with Crippen molar-refractivity contribution in [2.24, 2.45) is 0 Å². The molecule has 3 aromatic rings. The van der Waals surface area contributed by atoms with Gasteiger partial charge >= 0.3 is 0 Å². The Bertz CT molecular complexity index is 914. The number of carbonyl (C=O) groups excluding carboxylic acids is 1. The van der Waals surface area contributed by atoms with Crippen molar-refractivity contribution in [3.63, 3.8) is 0 Å². The van der Waals surface area contributed by atoms with Crippen molar-refractivity contribution in [1.29, 1.82) is 0 Å². The number of hydrogen-bond donors (Lipinski definition) is 1. The largest absolute Gasteiger partial charge is 0.485 e. The summed E-state index contributed by atoms with van der Waals surface area (Å²) in [6, 6.07) is 27.5. The van der Waals surface area contributed by atoms with Crippen molar-refractivity contribution in [1.82, 2.24) is 10.2 Å². The molecule has 156 valence electrons. The van der Waals surface area contributed by atoms with Gasteiger partial charge in [-0.3, -0.25) is 4.79 Å². The van der Waals surface area contributed by atoms with E-state index in [9.17, 15) is 4.79 Å². The first-order valence-electron chi connectivity index (χ1n) is 10.00. The van der Waals surface area contributed by atoms with E-state index in [1.54, 1.807) is 6.07 Å². The molecule has 1 amide bonds. The Morgan fingerprint density at radius 2 is 1.40 bits per heavy atom. The maximum Gasteiger partial charge on any atom is 0.258 e. The molecule has 1 N–H and O–H groups in total. The summed E-state index contributed by atoms with van der Waals surface area (Å²) in [6.45, 7) is 0.876. The normalized spacial score (nSPS) is 11.7. The summed E-state index contributed by atoms with van der Waals surface area (Å²) >= 11 is 0. The number of carbonyl (C=O) groups is 1. The Balaban J connectivity index is 1.52. The minimum atomic E-state index is -0.171. The first-order valence-corrected chi connectivity index (χ1v) is 10.00. The molecule has 0 fully saturated rings. The Morgan fingerprint density at radius 3 is 2.03 bits per heavy atom. The van der Waals surface area contributed by atoms with Crippen LogP contribution in [0.25, 0.3) is 0 Å². The van der Waals surface area contributed by atoms with E-state index < -0.39 is 0 Å². The highest BCUT2D eigenvalue weighted by Gasteiger charge is 2.15. The monoisotopic (exact) mass is 404 g/mol. The fourth-order valence-corrected chi connectivity index (χ4v) is 3.10. The molecular formula is C25H28N2O3. The molecule has 0 aliphatic carbocycles. The van der Waals surface area contributed by atoms with Gasteiger partial charge in [0.1, 0.15) is 6.61 Å². The van der Waals surface area contributed by atoms with Crippen LogP contribution in [0.5, 0.6) is 11.5 Å². The molecule has 5 nitrogen and oxygen atoms in total. The van der Waals surface area contributed by atoms with Crippen molar-refractivity contribution in [3.8, 4) is 11.5 Å². The molecule has 0 spiro atoms. The zero-order valence-electron chi connectivity index (χ0n) is 17.5. The number of hydrogen-bond acceptors (Lipinski definition) is 4. The van der Waals surface area contributed by atoms with Crippen LogP contribution in [-0.4, -0.2) is 38.1 Å². The summed E-state index contributed by atoms with van der Waals surface area (Å²) < 4.78 is 11.6. The molecule has 0 aromatic heterocycles. The van der Waals surface area contributed by atoms with E-state index in [1.807, 2.05) is 80.8 Å². The van der Waals surface area contributed by atoms with E-state index in [2.05, 4.69) is 22.3 Å². The van der Waals surface area contributed by atoms with Crippen molar-refractivity contribution >= 4 is 5.91 Å². The lowest BCUT2D eigenvalue weighted by atomic mass is 10.1. The highest BCUT2D eigenvalue weighted by molar-refractivity contribution is 5.77. The first kappa shape index (κ1) is 21.4. The maximum atomic E-state index is 12.4. The molecule has 0 aliphatic heterocycles. The Labute approximate surface area is 178 Å². The molecule has 3 rings (SSSR count).